The second-order valence-corrected chi connectivity index (χ2v) is 7.06. The molecule has 0 spiro atoms. The summed E-state index contributed by atoms with van der Waals surface area (Å²) in [4.78, 5) is 12.6. The molecule has 0 fully saturated rings. The van der Waals surface area contributed by atoms with Crippen LogP contribution in [0.25, 0.3) is 0 Å². The first-order valence-corrected chi connectivity index (χ1v) is 8.87. The van der Waals surface area contributed by atoms with Crippen LogP contribution >= 0.6 is 0 Å². The summed E-state index contributed by atoms with van der Waals surface area (Å²) >= 11 is 0. The number of alkyl halides is 3. The molecule has 2 aliphatic carbocycles. The molecule has 1 atom stereocenters. The molecule has 0 amide bonds. The summed E-state index contributed by atoms with van der Waals surface area (Å²) < 4.78 is 39.5. The van der Waals surface area contributed by atoms with E-state index in [0.717, 1.165) is 61.6 Å². The van der Waals surface area contributed by atoms with Crippen molar-refractivity contribution in [3.05, 3.63) is 57.9 Å². The Morgan fingerprint density at radius 3 is 2.52 bits per heavy atom. The standard InChI is InChI=1S/C20H20F3NO/c21-20(22,23)13-6-3-5-12(11-13)18-14-7-1-2-8-15(14)24-16-9-4-10-17(25)19(16)18/h3,5-6,11,18,24H,1-2,4,7-10H2. The van der Waals surface area contributed by atoms with E-state index in [0.29, 0.717) is 17.6 Å². The van der Waals surface area contributed by atoms with Crippen LogP contribution in [0.3, 0.4) is 0 Å². The van der Waals surface area contributed by atoms with Crippen molar-refractivity contribution >= 4 is 5.78 Å². The monoisotopic (exact) mass is 347 g/mol. The largest absolute Gasteiger partial charge is 0.416 e. The van der Waals surface area contributed by atoms with E-state index in [1.165, 1.54) is 12.1 Å². The van der Waals surface area contributed by atoms with Gasteiger partial charge in [-0.3, -0.25) is 4.79 Å². The SMILES string of the molecule is O=C1CCCC2=C1C(c1cccc(C(F)(F)F)c1)C1=C(CCCC1)N2. The smallest absolute Gasteiger partial charge is 0.362 e. The average Bonchev–Trinajstić information content (AvgIpc) is 2.59. The van der Waals surface area contributed by atoms with Gasteiger partial charge in [-0.25, -0.2) is 0 Å². The van der Waals surface area contributed by atoms with Gasteiger partial charge in [0.15, 0.2) is 5.78 Å². The lowest BCUT2D eigenvalue weighted by molar-refractivity contribution is -0.137. The zero-order valence-electron chi connectivity index (χ0n) is 13.9. The fourth-order valence-corrected chi connectivity index (χ4v) is 4.34. The molecule has 0 bridgehead atoms. The lowest BCUT2D eigenvalue weighted by atomic mass is 9.72. The Kier molecular flexibility index (Phi) is 3.97. The van der Waals surface area contributed by atoms with Gasteiger partial charge in [0.1, 0.15) is 0 Å². The number of carbonyl (C=O) groups excluding carboxylic acids is 1. The Morgan fingerprint density at radius 1 is 0.960 bits per heavy atom. The molecule has 1 N–H and O–H groups in total. The van der Waals surface area contributed by atoms with Gasteiger partial charge in [-0.05, 0) is 55.7 Å². The number of ketones is 1. The van der Waals surface area contributed by atoms with E-state index in [9.17, 15) is 18.0 Å². The first-order chi connectivity index (χ1) is 11.9. The van der Waals surface area contributed by atoms with Crippen LogP contribution in [-0.4, -0.2) is 5.78 Å². The van der Waals surface area contributed by atoms with E-state index in [1.54, 1.807) is 6.07 Å². The Morgan fingerprint density at radius 2 is 1.72 bits per heavy atom. The van der Waals surface area contributed by atoms with E-state index in [2.05, 4.69) is 5.32 Å². The third-order valence-corrected chi connectivity index (χ3v) is 5.45. The molecule has 1 aromatic rings. The number of Topliss-reactive ketones (excluding diaryl/α,β-unsaturated/α-hetero) is 1. The number of benzene rings is 1. The number of hydrogen-bond donors (Lipinski definition) is 1. The molecule has 3 aliphatic rings. The van der Waals surface area contributed by atoms with Gasteiger partial charge in [0.05, 0.1) is 5.56 Å². The van der Waals surface area contributed by atoms with Crippen molar-refractivity contribution in [1.82, 2.24) is 5.32 Å². The van der Waals surface area contributed by atoms with Crippen LogP contribution in [0.1, 0.15) is 62.0 Å². The molecular formula is C20H20F3NO. The molecule has 1 heterocycles. The second-order valence-electron chi connectivity index (χ2n) is 7.06. The number of nitrogens with one attached hydrogen (secondary N) is 1. The summed E-state index contributed by atoms with van der Waals surface area (Å²) in [5.41, 5.74) is 3.81. The van der Waals surface area contributed by atoms with E-state index in [4.69, 9.17) is 0 Å². The van der Waals surface area contributed by atoms with E-state index in [-0.39, 0.29) is 11.7 Å². The number of allylic oxidation sites excluding steroid dienone is 4. The first kappa shape index (κ1) is 16.4. The molecule has 4 rings (SSSR count). The summed E-state index contributed by atoms with van der Waals surface area (Å²) in [6, 6.07) is 5.51. The molecule has 0 radical (unpaired) electrons. The summed E-state index contributed by atoms with van der Waals surface area (Å²) in [6.45, 7) is 0. The zero-order valence-corrected chi connectivity index (χ0v) is 13.9. The fourth-order valence-electron chi connectivity index (χ4n) is 4.34. The highest BCUT2D eigenvalue weighted by Gasteiger charge is 2.38. The number of carbonyl (C=O) groups is 1. The number of rotatable bonds is 1. The van der Waals surface area contributed by atoms with Gasteiger partial charge in [0.25, 0.3) is 0 Å². The van der Waals surface area contributed by atoms with Crippen LogP contribution in [0.15, 0.2) is 46.8 Å². The van der Waals surface area contributed by atoms with Crippen molar-refractivity contribution in [3.63, 3.8) is 0 Å². The Hall–Kier alpha value is -2.04. The zero-order chi connectivity index (χ0) is 17.6. The maximum atomic E-state index is 13.2. The van der Waals surface area contributed by atoms with Crippen molar-refractivity contribution in [1.29, 1.82) is 0 Å². The van der Waals surface area contributed by atoms with Crippen LogP contribution in [0.2, 0.25) is 0 Å². The van der Waals surface area contributed by atoms with Crippen LogP contribution < -0.4 is 5.32 Å². The number of dihydropyridines is 1. The Balaban J connectivity index is 1.86. The maximum Gasteiger partial charge on any atom is 0.416 e. The summed E-state index contributed by atoms with van der Waals surface area (Å²) in [5.74, 6) is -0.241. The van der Waals surface area contributed by atoms with Gasteiger partial charge in [-0.15, -0.1) is 0 Å². The van der Waals surface area contributed by atoms with Gasteiger partial charge >= 0.3 is 6.18 Å². The average molecular weight is 347 g/mol. The van der Waals surface area contributed by atoms with Crippen molar-refractivity contribution in [2.75, 3.05) is 0 Å². The molecule has 1 aliphatic heterocycles. The second kappa shape index (κ2) is 6.04. The van der Waals surface area contributed by atoms with Gasteiger partial charge in [-0.1, -0.05) is 18.2 Å². The minimum absolute atomic E-state index is 0.0771. The molecule has 0 saturated carbocycles. The molecular weight excluding hydrogens is 327 g/mol. The third kappa shape index (κ3) is 2.90. The van der Waals surface area contributed by atoms with E-state index < -0.39 is 11.7 Å². The molecule has 25 heavy (non-hydrogen) atoms. The van der Waals surface area contributed by atoms with Crippen molar-refractivity contribution in [2.24, 2.45) is 0 Å². The fraction of sp³-hybridized carbons (Fsp3) is 0.450. The van der Waals surface area contributed by atoms with Crippen molar-refractivity contribution in [2.45, 2.75) is 57.0 Å². The summed E-state index contributed by atoms with van der Waals surface area (Å²) in [6.07, 6.45) is 1.57. The van der Waals surface area contributed by atoms with E-state index >= 15 is 0 Å². The molecule has 132 valence electrons. The minimum atomic E-state index is -4.37. The highest BCUT2D eigenvalue weighted by atomic mass is 19.4. The van der Waals surface area contributed by atoms with Crippen molar-refractivity contribution in [3.8, 4) is 0 Å². The maximum absolute atomic E-state index is 13.2. The molecule has 1 unspecified atom stereocenters. The first-order valence-electron chi connectivity index (χ1n) is 8.87. The lowest BCUT2D eigenvalue weighted by Crippen LogP contribution is -2.33. The molecule has 5 heteroatoms. The minimum Gasteiger partial charge on any atom is -0.362 e. The van der Waals surface area contributed by atoms with Crippen LogP contribution in [-0.2, 0) is 11.0 Å². The van der Waals surface area contributed by atoms with Crippen LogP contribution in [0.4, 0.5) is 13.2 Å². The topological polar surface area (TPSA) is 29.1 Å². The normalized spacial score (nSPS) is 24.0. The summed E-state index contributed by atoms with van der Waals surface area (Å²) in [5, 5.41) is 3.45. The van der Waals surface area contributed by atoms with Gasteiger partial charge in [0.2, 0.25) is 0 Å². The predicted molar refractivity (Wildman–Crippen MR) is 88.7 cm³/mol. The van der Waals surface area contributed by atoms with Crippen molar-refractivity contribution < 1.29 is 18.0 Å². The highest BCUT2D eigenvalue weighted by Crippen LogP contribution is 2.46. The van der Waals surface area contributed by atoms with Gasteiger partial charge < -0.3 is 5.32 Å². The Labute approximate surface area is 144 Å². The van der Waals surface area contributed by atoms with Crippen LogP contribution in [0, 0.1) is 0 Å². The highest BCUT2D eigenvalue weighted by molar-refractivity contribution is 5.99. The quantitative estimate of drug-likeness (QED) is 0.754. The number of halogens is 3. The van der Waals surface area contributed by atoms with Gasteiger partial charge in [0, 0.05) is 29.3 Å². The molecule has 1 aromatic carbocycles. The summed E-state index contributed by atoms with van der Waals surface area (Å²) in [7, 11) is 0. The Bertz CT molecular complexity index is 788. The molecule has 0 saturated heterocycles. The number of hydrogen-bond acceptors (Lipinski definition) is 2. The van der Waals surface area contributed by atoms with Gasteiger partial charge in [-0.2, -0.15) is 13.2 Å². The van der Waals surface area contributed by atoms with E-state index in [1.807, 2.05) is 0 Å². The molecule has 0 aromatic heterocycles. The molecule has 2 nitrogen and oxygen atoms in total. The predicted octanol–water partition coefficient (Wildman–Crippen LogP) is 5.23. The van der Waals surface area contributed by atoms with Crippen LogP contribution in [0.5, 0.6) is 0 Å². The third-order valence-electron chi connectivity index (χ3n) is 5.45. The lowest BCUT2D eigenvalue weighted by Gasteiger charge is -2.38.